The van der Waals surface area contributed by atoms with E-state index in [1.165, 1.54) is 12.2 Å². The molecule has 0 saturated heterocycles. The standard InChI is InChI=1S/C8H4N2O2.C6H5Cl/c11-5-9-7-3-1-2-4-8(7)10-6-12;7-6-4-2-1-3-5-6/h1-4H;1-5H. The van der Waals surface area contributed by atoms with Crippen molar-refractivity contribution in [3.8, 4) is 0 Å². The molecular weight excluding hydrogens is 264 g/mol. The number of rotatable bonds is 2. The summed E-state index contributed by atoms with van der Waals surface area (Å²) in [6, 6.07) is 15.9. The number of benzene rings is 2. The summed E-state index contributed by atoms with van der Waals surface area (Å²) in [6.07, 6.45) is 2.74. The predicted octanol–water partition coefficient (Wildman–Crippen LogP) is 3.96. The van der Waals surface area contributed by atoms with E-state index in [9.17, 15) is 9.59 Å². The van der Waals surface area contributed by atoms with Crippen LogP contribution in [-0.4, -0.2) is 12.2 Å². The number of hydrogen-bond donors (Lipinski definition) is 0. The van der Waals surface area contributed by atoms with Crippen molar-refractivity contribution in [2.24, 2.45) is 9.98 Å². The van der Waals surface area contributed by atoms with Crippen LogP contribution in [-0.2, 0) is 9.59 Å². The van der Waals surface area contributed by atoms with Crippen LogP contribution in [0.1, 0.15) is 0 Å². The maximum atomic E-state index is 9.90. The monoisotopic (exact) mass is 272 g/mol. The van der Waals surface area contributed by atoms with Gasteiger partial charge in [0.15, 0.2) is 0 Å². The van der Waals surface area contributed by atoms with Gasteiger partial charge in [-0.25, -0.2) is 9.59 Å². The lowest BCUT2D eigenvalue weighted by Crippen LogP contribution is -1.66. The molecule has 94 valence electrons. The number of hydrogen-bond acceptors (Lipinski definition) is 4. The molecule has 0 aliphatic carbocycles. The highest BCUT2D eigenvalue weighted by Gasteiger charge is 1.96. The van der Waals surface area contributed by atoms with Gasteiger partial charge >= 0.3 is 0 Å². The third kappa shape index (κ3) is 5.57. The summed E-state index contributed by atoms with van der Waals surface area (Å²) < 4.78 is 0. The Morgan fingerprint density at radius 1 is 0.737 bits per heavy atom. The molecule has 0 amide bonds. The van der Waals surface area contributed by atoms with E-state index in [2.05, 4.69) is 9.98 Å². The Morgan fingerprint density at radius 2 is 1.16 bits per heavy atom. The second-order valence-corrected chi connectivity index (χ2v) is 3.63. The van der Waals surface area contributed by atoms with Gasteiger partial charge in [0.25, 0.3) is 0 Å². The molecule has 4 nitrogen and oxygen atoms in total. The molecule has 0 bridgehead atoms. The van der Waals surface area contributed by atoms with Crippen LogP contribution in [0.3, 0.4) is 0 Å². The van der Waals surface area contributed by atoms with Crippen LogP contribution in [0.25, 0.3) is 0 Å². The summed E-state index contributed by atoms with van der Waals surface area (Å²) in [5.74, 6) is 0. The highest BCUT2D eigenvalue weighted by atomic mass is 35.5. The summed E-state index contributed by atoms with van der Waals surface area (Å²) in [5.41, 5.74) is 0.631. The molecule has 0 N–H and O–H groups in total. The van der Waals surface area contributed by atoms with Gasteiger partial charge in [-0.15, -0.1) is 0 Å². The molecule has 0 fully saturated rings. The van der Waals surface area contributed by atoms with Crippen molar-refractivity contribution in [3.05, 3.63) is 59.6 Å². The summed E-state index contributed by atoms with van der Waals surface area (Å²) in [7, 11) is 0. The van der Waals surface area contributed by atoms with Gasteiger partial charge < -0.3 is 0 Å². The first-order valence-corrected chi connectivity index (χ1v) is 5.61. The van der Waals surface area contributed by atoms with Gasteiger partial charge in [0.1, 0.15) is 11.4 Å². The second kappa shape index (κ2) is 8.56. The smallest absolute Gasteiger partial charge is 0.211 e. The van der Waals surface area contributed by atoms with Crippen LogP contribution in [0.15, 0.2) is 64.6 Å². The van der Waals surface area contributed by atoms with Crippen molar-refractivity contribution in [3.63, 3.8) is 0 Å². The molecule has 2 aromatic rings. The maximum Gasteiger partial charge on any atom is 0.240 e. The summed E-state index contributed by atoms with van der Waals surface area (Å²) in [4.78, 5) is 26.5. The number of para-hydroxylation sites is 2. The van der Waals surface area contributed by atoms with E-state index in [-0.39, 0.29) is 0 Å². The Bertz CT molecular complexity index is 579. The molecule has 19 heavy (non-hydrogen) atoms. The Kier molecular flexibility index (Phi) is 6.56. The van der Waals surface area contributed by atoms with E-state index >= 15 is 0 Å². The largest absolute Gasteiger partial charge is 0.240 e. The van der Waals surface area contributed by atoms with Crippen molar-refractivity contribution in [2.45, 2.75) is 0 Å². The molecule has 0 atom stereocenters. The Labute approximate surface area is 115 Å². The molecule has 2 aromatic carbocycles. The van der Waals surface area contributed by atoms with Gasteiger partial charge in [-0.05, 0) is 24.3 Å². The van der Waals surface area contributed by atoms with Crippen LogP contribution in [0.4, 0.5) is 11.4 Å². The van der Waals surface area contributed by atoms with Crippen LogP contribution in [0.2, 0.25) is 5.02 Å². The molecule has 2 rings (SSSR count). The van der Waals surface area contributed by atoms with E-state index in [1.54, 1.807) is 24.3 Å². The fraction of sp³-hybridized carbons (Fsp3) is 0. The van der Waals surface area contributed by atoms with Gasteiger partial charge in [-0.3, -0.25) is 0 Å². The number of aliphatic imine (C=N–C) groups is 2. The highest BCUT2D eigenvalue weighted by molar-refractivity contribution is 6.30. The molecule has 0 saturated carbocycles. The van der Waals surface area contributed by atoms with Crippen LogP contribution >= 0.6 is 11.6 Å². The van der Waals surface area contributed by atoms with Crippen molar-refractivity contribution < 1.29 is 9.59 Å². The fourth-order valence-corrected chi connectivity index (χ4v) is 1.31. The Morgan fingerprint density at radius 3 is 1.47 bits per heavy atom. The van der Waals surface area contributed by atoms with Crippen LogP contribution < -0.4 is 0 Å². The minimum absolute atomic E-state index is 0.316. The van der Waals surface area contributed by atoms with E-state index in [4.69, 9.17) is 11.6 Å². The minimum Gasteiger partial charge on any atom is -0.211 e. The lowest BCUT2D eigenvalue weighted by Gasteiger charge is -1.92. The molecule has 0 aliphatic rings. The molecular formula is C14H9ClN2O2. The zero-order valence-corrected chi connectivity index (χ0v) is 10.5. The lowest BCUT2D eigenvalue weighted by molar-refractivity contribution is 0.564. The first kappa shape index (κ1) is 14.6. The van der Waals surface area contributed by atoms with Crippen molar-refractivity contribution in [1.29, 1.82) is 0 Å². The first-order valence-electron chi connectivity index (χ1n) is 5.23. The van der Waals surface area contributed by atoms with Crippen LogP contribution in [0, 0.1) is 0 Å². The molecule has 0 unspecified atom stereocenters. The first-order chi connectivity index (χ1) is 9.27. The molecule has 0 aromatic heterocycles. The predicted molar refractivity (Wildman–Crippen MR) is 73.5 cm³/mol. The molecule has 5 heteroatoms. The number of nitrogens with zero attached hydrogens (tertiary/aromatic N) is 2. The molecule has 0 radical (unpaired) electrons. The fourth-order valence-electron chi connectivity index (χ4n) is 1.17. The SMILES string of the molecule is Clc1ccccc1.O=C=Nc1ccccc1N=C=O. The Hall–Kier alpha value is -2.51. The van der Waals surface area contributed by atoms with E-state index in [0.717, 1.165) is 5.02 Å². The number of halogens is 1. The number of carbonyl (C=O) groups excluding carboxylic acids is 2. The molecule has 0 aliphatic heterocycles. The summed E-state index contributed by atoms with van der Waals surface area (Å²) >= 11 is 5.54. The zero-order chi connectivity index (χ0) is 13.9. The van der Waals surface area contributed by atoms with Crippen LogP contribution in [0.5, 0.6) is 0 Å². The molecule has 0 heterocycles. The third-order valence-electron chi connectivity index (χ3n) is 1.95. The third-order valence-corrected chi connectivity index (χ3v) is 2.20. The Balaban J connectivity index is 0.000000218. The van der Waals surface area contributed by atoms with E-state index in [0.29, 0.717) is 11.4 Å². The number of isocyanates is 2. The van der Waals surface area contributed by atoms with Crippen molar-refractivity contribution in [2.75, 3.05) is 0 Å². The van der Waals surface area contributed by atoms with Gasteiger partial charge in [0.2, 0.25) is 12.2 Å². The summed E-state index contributed by atoms with van der Waals surface area (Å²) in [6.45, 7) is 0. The zero-order valence-electron chi connectivity index (χ0n) is 9.79. The van der Waals surface area contributed by atoms with E-state index < -0.39 is 0 Å². The topological polar surface area (TPSA) is 58.9 Å². The van der Waals surface area contributed by atoms with Crippen molar-refractivity contribution >= 4 is 35.1 Å². The second-order valence-electron chi connectivity index (χ2n) is 3.19. The normalized spacial score (nSPS) is 8.26. The quantitative estimate of drug-likeness (QED) is 0.614. The lowest BCUT2D eigenvalue weighted by atomic mass is 10.3. The van der Waals surface area contributed by atoms with Gasteiger partial charge in [0, 0.05) is 5.02 Å². The van der Waals surface area contributed by atoms with E-state index in [1.807, 2.05) is 30.3 Å². The van der Waals surface area contributed by atoms with Gasteiger partial charge in [-0.1, -0.05) is 41.9 Å². The van der Waals surface area contributed by atoms with Gasteiger partial charge in [0.05, 0.1) is 0 Å². The van der Waals surface area contributed by atoms with Gasteiger partial charge in [-0.2, -0.15) is 9.98 Å². The average Bonchev–Trinajstić information content (AvgIpc) is 2.43. The average molecular weight is 273 g/mol. The highest BCUT2D eigenvalue weighted by Crippen LogP contribution is 2.25. The maximum absolute atomic E-state index is 9.90. The van der Waals surface area contributed by atoms with Crippen molar-refractivity contribution in [1.82, 2.24) is 0 Å². The summed E-state index contributed by atoms with van der Waals surface area (Å²) in [5, 5.41) is 0.794. The molecule has 0 spiro atoms. The minimum atomic E-state index is 0.316.